The molecule has 0 spiro atoms. The summed E-state index contributed by atoms with van der Waals surface area (Å²) in [6.45, 7) is 0. The van der Waals surface area contributed by atoms with Gasteiger partial charge in [-0.3, -0.25) is 4.72 Å². The maximum atomic E-state index is 14.6. The SMILES string of the molecule is CN(C)[C@H]1CCC(F)C[C@@H]1Nc1cc(F)c(S(=O)(=O)Nc2nccs2)cc1Cl. The third-order valence-corrected chi connectivity index (χ3v) is 7.20. The van der Waals surface area contributed by atoms with Crippen molar-refractivity contribution in [3.8, 4) is 0 Å². The molecule has 0 bridgehead atoms. The fourth-order valence-electron chi connectivity index (χ4n) is 3.37. The van der Waals surface area contributed by atoms with Gasteiger partial charge in [0.15, 0.2) is 5.13 Å². The Hall–Kier alpha value is -1.49. The van der Waals surface area contributed by atoms with Crippen molar-refractivity contribution in [1.82, 2.24) is 9.88 Å². The van der Waals surface area contributed by atoms with E-state index in [1.165, 1.54) is 6.20 Å². The van der Waals surface area contributed by atoms with Crippen LogP contribution in [0, 0.1) is 5.82 Å². The van der Waals surface area contributed by atoms with Gasteiger partial charge in [-0.15, -0.1) is 11.3 Å². The zero-order valence-electron chi connectivity index (χ0n) is 15.3. The number of nitrogens with zero attached hydrogens (tertiary/aromatic N) is 2. The first-order valence-electron chi connectivity index (χ1n) is 8.66. The Bertz CT molecular complexity index is 925. The average Bonchev–Trinajstić information content (AvgIpc) is 3.09. The van der Waals surface area contributed by atoms with Gasteiger partial charge in [0.2, 0.25) is 0 Å². The highest BCUT2D eigenvalue weighted by Crippen LogP contribution is 2.33. The molecule has 28 heavy (non-hydrogen) atoms. The lowest BCUT2D eigenvalue weighted by molar-refractivity contribution is 0.148. The van der Waals surface area contributed by atoms with Crippen LogP contribution >= 0.6 is 22.9 Å². The van der Waals surface area contributed by atoms with E-state index in [2.05, 4.69) is 15.0 Å². The summed E-state index contributed by atoms with van der Waals surface area (Å²) >= 11 is 7.31. The van der Waals surface area contributed by atoms with Crippen molar-refractivity contribution in [3.63, 3.8) is 0 Å². The number of alkyl halides is 1. The van der Waals surface area contributed by atoms with Crippen LogP contribution in [0.25, 0.3) is 0 Å². The van der Waals surface area contributed by atoms with Crippen molar-refractivity contribution < 1.29 is 17.2 Å². The number of hydrogen-bond donors (Lipinski definition) is 2. The Morgan fingerprint density at radius 2 is 2.07 bits per heavy atom. The van der Waals surface area contributed by atoms with Crippen molar-refractivity contribution in [2.45, 2.75) is 42.4 Å². The zero-order valence-corrected chi connectivity index (χ0v) is 17.7. The molecule has 1 aliphatic rings. The molecule has 1 aromatic heterocycles. The number of sulfonamides is 1. The molecule has 0 saturated heterocycles. The van der Waals surface area contributed by atoms with Gasteiger partial charge in [0.1, 0.15) is 16.9 Å². The molecule has 0 amide bonds. The molecular weight excluding hydrogens is 430 g/mol. The predicted molar refractivity (Wildman–Crippen MR) is 108 cm³/mol. The van der Waals surface area contributed by atoms with Crippen molar-refractivity contribution in [2.24, 2.45) is 0 Å². The highest BCUT2D eigenvalue weighted by molar-refractivity contribution is 7.93. The fraction of sp³-hybridized carbons (Fsp3) is 0.471. The second-order valence-electron chi connectivity index (χ2n) is 6.90. The number of nitrogens with one attached hydrogen (secondary N) is 2. The molecule has 3 atom stereocenters. The minimum absolute atomic E-state index is 0.0411. The predicted octanol–water partition coefficient (Wildman–Crippen LogP) is 3.97. The van der Waals surface area contributed by atoms with Crippen LogP contribution in [-0.2, 0) is 10.0 Å². The fourth-order valence-corrected chi connectivity index (χ4v) is 5.52. The Kier molecular flexibility index (Phi) is 6.43. The van der Waals surface area contributed by atoms with E-state index in [1.807, 2.05) is 19.0 Å². The van der Waals surface area contributed by atoms with Gasteiger partial charge in [-0.25, -0.2) is 22.2 Å². The summed E-state index contributed by atoms with van der Waals surface area (Å²) in [4.78, 5) is 5.24. The number of aromatic nitrogens is 1. The standard InChI is InChI=1S/C17H21ClF2N4O2S2/c1-24(2)15-4-3-10(19)7-14(15)22-13-9-12(20)16(8-11(13)18)28(25,26)23-17-21-5-6-27-17/h5-6,8-10,14-15,22H,3-4,7H2,1-2H3,(H,21,23)/t10?,14-,15-/m0/s1. The number of halogens is 3. The van der Waals surface area contributed by atoms with Crippen molar-refractivity contribution in [2.75, 3.05) is 24.1 Å². The van der Waals surface area contributed by atoms with E-state index in [4.69, 9.17) is 11.6 Å². The lowest BCUT2D eigenvalue weighted by Gasteiger charge is -2.38. The first-order chi connectivity index (χ1) is 13.2. The Labute approximate surface area is 172 Å². The van der Waals surface area contributed by atoms with Crippen LogP contribution in [0.5, 0.6) is 0 Å². The molecule has 1 unspecified atom stereocenters. The quantitative estimate of drug-likeness (QED) is 0.696. The average molecular weight is 451 g/mol. The van der Waals surface area contributed by atoms with E-state index in [0.29, 0.717) is 12.8 Å². The highest BCUT2D eigenvalue weighted by atomic mass is 35.5. The van der Waals surface area contributed by atoms with Crippen LogP contribution in [0.4, 0.5) is 19.6 Å². The largest absolute Gasteiger partial charge is 0.379 e. The third-order valence-electron chi connectivity index (χ3n) is 4.72. The van der Waals surface area contributed by atoms with Crippen molar-refractivity contribution in [1.29, 1.82) is 0 Å². The normalized spacial score (nSPS) is 23.0. The first kappa shape index (κ1) is 21.2. The summed E-state index contributed by atoms with van der Waals surface area (Å²) in [6.07, 6.45) is 1.90. The van der Waals surface area contributed by atoms with E-state index in [-0.39, 0.29) is 34.3 Å². The second kappa shape index (κ2) is 8.48. The van der Waals surface area contributed by atoms with Crippen LogP contribution in [0.2, 0.25) is 5.02 Å². The van der Waals surface area contributed by atoms with Crippen molar-refractivity contribution >= 4 is 43.8 Å². The molecule has 3 rings (SSSR count). The van der Waals surface area contributed by atoms with E-state index in [1.54, 1.807) is 5.38 Å². The molecule has 1 heterocycles. The van der Waals surface area contributed by atoms with Crippen LogP contribution in [-0.4, -0.2) is 50.7 Å². The van der Waals surface area contributed by atoms with Gasteiger partial charge in [-0.05, 0) is 39.1 Å². The number of hydrogen-bond acceptors (Lipinski definition) is 6. The Morgan fingerprint density at radius 1 is 1.32 bits per heavy atom. The van der Waals surface area contributed by atoms with E-state index >= 15 is 0 Å². The summed E-state index contributed by atoms with van der Waals surface area (Å²) < 4.78 is 55.6. The number of thiazole rings is 1. The number of benzene rings is 1. The van der Waals surface area contributed by atoms with Gasteiger partial charge < -0.3 is 10.2 Å². The van der Waals surface area contributed by atoms with Crippen LogP contribution in [0.1, 0.15) is 19.3 Å². The van der Waals surface area contributed by atoms with E-state index in [9.17, 15) is 17.2 Å². The molecule has 11 heteroatoms. The molecule has 0 aliphatic heterocycles. The number of likely N-dealkylation sites (N-methyl/N-ethyl adjacent to an activating group) is 1. The van der Waals surface area contributed by atoms with E-state index < -0.39 is 26.9 Å². The van der Waals surface area contributed by atoms with Gasteiger partial charge in [-0.1, -0.05) is 11.6 Å². The monoisotopic (exact) mass is 450 g/mol. The summed E-state index contributed by atoms with van der Waals surface area (Å²) in [6, 6.07) is 1.87. The highest BCUT2D eigenvalue weighted by Gasteiger charge is 2.32. The number of anilines is 2. The smallest absolute Gasteiger partial charge is 0.266 e. The maximum Gasteiger partial charge on any atom is 0.266 e. The summed E-state index contributed by atoms with van der Waals surface area (Å²) in [7, 11) is -0.371. The van der Waals surface area contributed by atoms with Gasteiger partial charge in [0.05, 0.1) is 10.7 Å². The Morgan fingerprint density at radius 3 is 2.71 bits per heavy atom. The van der Waals surface area contributed by atoms with Crippen LogP contribution < -0.4 is 10.0 Å². The number of rotatable bonds is 6. The van der Waals surface area contributed by atoms with Gasteiger partial charge >= 0.3 is 0 Å². The molecular formula is C17H21ClF2N4O2S2. The molecule has 1 aromatic carbocycles. The molecule has 1 fully saturated rings. The van der Waals surface area contributed by atoms with Gasteiger partial charge in [0, 0.05) is 30.1 Å². The summed E-state index contributed by atoms with van der Waals surface area (Å²) in [5, 5.41) is 4.86. The van der Waals surface area contributed by atoms with Gasteiger partial charge in [0.25, 0.3) is 10.0 Å². The molecule has 1 saturated carbocycles. The van der Waals surface area contributed by atoms with Crippen molar-refractivity contribution in [3.05, 3.63) is 34.5 Å². The molecule has 2 aromatic rings. The first-order valence-corrected chi connectivity index (χ1v) is 11.4. The van der Waals surface area contributed by atoms with E-state index in [0.717, 1.165) is 23.5 Å². The summed E-state index contributed by atoms with van der Waals surface area (Å²) in [5.74, 6) is -0.954. The van der Waals surface area contributed by atoms with Crippen LogP contribution in [0.15, 0.2) is 28.6 Å². The lowest BCUT2D eigenvalue weighted by atomic mass is 9.88. The topological polar surface area (TPSA) is 74.3 Å². The zero-order chi connectivity index (χ0) is 20.5. The van der Waals surface area contributed by atoms with Gasteiger partial charge in [-0.2, -0.15) is 0 Å². The molecule has 2 N–H and O–H groups in total. The maximum absolute atomic E-state index is 14.6. The third kappa shape index (κ3) is 4.73. The molecule has 1 aliphatic carbocycles. The molecule has 154 valence electrons. The lowest BCUT2D eigenvalue weighted by Crippen LogP contribution is -2.48. The Balaban J connectivity index is 1.85. The minimum atomic E-state index is -4.18. The second-order valence-corrected chi connectivity index (χ2v) is 9.85. The van der Waals surface area contributed by atoms with Crippen LogP contribution in [0.3, 0.4) is 0 Å². The minimum Gasteiger partial charge on any atom is -0.379 e. The molecule has 6 nitrogen and oxygen atoms in total. The summed E-state index contributed by atoms with van der Waals surface area (Å²) in [5.41, 5.74) is 0.235. The molecule has 0 radical (unpaired) electrons.